The van der Waals surface area contributed by atoms with Gasteiger partial charge in [0.15, 0.2) is 0 Å². The Bertz CT molecular complexity index is 1720. The van der Waals surface area contributed by atoms with Crippen LogP contribution >= 0.6 is 23.2 Å². The second-order valence-electron chi connectivity index (χ2n) is 11.1. The number of aryl methyl sites for hydroxylation is 1. The Balaban J connectivity index is 1.81. The molecule has 0 heterocycles. The van der Waals surface area contributed by atoms with E-state index in [0.29, 0.717) is 27.7 Å². The maximum atomic E-state index is 14.6. The Labute approximate surface area is 282 Å². The molecule has 0 spiro atoms. The van der Waals surface area contributed by atoms with Gasteiger partial charge in [0, 0.05) is 19.0 Å². The molecule has 0 unspecified atom stereocenters. The van der Waals surface area contributed by atoms with Crippen LogP contribution in [-0.2, 0) is 39.0 Å². The van der Waals surface area contributed by atoms with E-state index >= 15 is 0 Å². The van der Waals surface area contributed by atoms with Gasteiger partial charge in [-0.05, 0) is 72.9 Å². The molecule has 242 valence electrons. The Morgan fingerprint density at radius 1 is 0.783 bits per heavy atom. The van der Waals surface area contributed by atoms with E-state index < -0.39 is 28.5 Å². The molecule has 1 N–H and O–H groups in total. The van der Waals surface area contributed by atoms with Gasteiger partial charge in [-0.15, -0.1) is 0 Å². The molecule has 0 fully saturated rings. The van der Waals surface area contributed by atoms with Crippen molar-refractivity contribution in [2.24, 2.45) is 0 Å². The number of nitrogens with one attached hydrogen (secondary N) is 1. The van der Waals surface area contributed by atoms with E-state index in [-0.39, 0.29) is 29.8 Å². The fourth-order valence-corrected chi connectivity index (χ4v) is 6.73. The van der Waals surface area contributed by atoms with Crippen molar-refractivity contribution in [1.29, 1.82) is 0 Å². The highest BCUT2D eigenvalue weighted by atomic mass is 35.5. The zero-order valence-electron chi connectivity index (χ0n) is 26.2. The summed E-state index contributed by atoms with van der Waals surface area (Å²) in [6.45, 7) is 5.33. The molecule has 2 atom stereocenters. The number of carbonyl (C=O) groups is 2. The SMILES string of the molecule is CCc1ccc(N(CC(=O)N(Cc2ccc(Cl)c(Cl)c2)[C@H](Cc2ccccc2)C(=O)N[C@H](C)CC)S(=O)(=O)c2ccccc2)cc1. The van der Waals surface area contributed by atoms with E-state index in [1.165, 1.54) is 17.0 Å². The standard InChI is InChI=1S/C36H39Cl2N3O4S/c1-4-26(3)39-36(43)34(23-28-12-8-6-9-13-28)40(24-29-18-21-32(37)33(38)22-29)35(42)25-41(30-19-16-27(5-2)17-20-30)46(44,45)31-14-10-7-11-15-31/h6-22,26,34H,4-5,23-25H2,1-3H3,(H,39,43)/t26-,34-/m1/s1. The van der Waals surface area contributed by atoms with Crippen molar-refractivity contribution in [1.82, 2.24) is 10.2 Å². The van der Waals surface area contributed by atoms with Crippen molar-refractivity contribution in [3.8, 4) is 0 Å². The van der Waals surface area contributed by atoms with Crippen LogP contribution in [0.4, 0.5) is 5.69 Å². The molecule has 10 heteroatoms. The lowest BCUT2D eigenvalue weighted by molar-refractivity contribution is -0.140. The zero-order chi connectivity index (χ0) is 33.3. The lowest BCUT2D eigenvalue weighted by Gasteiger charge is -2.34. The molecule has 4 rings (SSSR count). The van der Waals surface area contributed by atoms with Gasteiger partial charge < -0.3 is 10.2 Å². The number of halogens is 2. The topological polar surface area (TPSA) is 86.8 Å². The molecule has 0 saturated heterocycles. The summed E-state index contributed by atoms with van der Waals surface area (Å²) in [7, 11) is -4.17. The third-order valence-corrected chi connectivity index (χ3v) is 10.4. The van der Waals surface area contributed by atoms with Crippen LogP contribution in [0.3, 0.4) is 0 Å². The summed E-state index contributed by atoms with van der Waals surface area (Å²) in [5.74, 6) is -0.887. The van der Waals surface area contributed by atoms with Gasteiger partial charge in [0.25, 0.3) is 10.0 Å². The van der Waals surface area contributed by atoms with E-state index in [1.54, 1.807) is 48.5 Å². The lowest BCUT2D eigenvalue weighted by atomic mass is 10.0. The van der Waals surface area contributed by atoms with Gasteiger partial charge in [-0.2, -0.15) is 0 Å². The van der Waals surface area contributed by atoms with Gasteiger partial charge in [-0.25, -0.2) is 8.42 Å². The molecule has 0 bridgehead atoms. The molecule has 46 heavy (non-hydrogen) atoms. The predicted octanol–water partition coefficient (Wildman–Crippen LogP) is 7.31. The van der Waals surface area contributed by atoms with Gasteiger partial charge in [0.1, 0.15) is 12.6 Å². The second kappa shape index (κ2) is 16.1. The Kier molecular flexibility index (Phi) is 12.3. The highest BCUT2D eigenvalue weighted by Crippen LogP contribution is 2.27. The number of amides is 2. The van der Waals surface area contributed by atoms with Crippen LogP contribution < -0.4 is 9.62 Å². The Hall–Kier alpha value is -3.85. The Morgan fingerprint density at radius 2 is 1.39 bits per heavy atom. The molecule has 4 aromatic rings. The maximum Gasteiger partial charge on any atom is 0.264 e. The number of carbonyl (C=O) groups excluding carboxylic acids is 2. The second-order valence-corrected chi connectivity index (χ2v) is 13.8. The summed E-state index contributed by atoms with van der Waals surface area (Å²) in [5, 5.41) is 3.69. The molecule has 0 aliphatic heterocycles. The minimum absolute atomic E-state index is 0.00482. The average Bonchev–Trinajstić information content (AvgIpc) is 3.07. The molecule has 0 saturated carbocycles. The van der Waals surface area contributed by atoms with Crippen LogP contribution in [0.1, 0.15) is 43.9 Å². The normalized spacial score (nSPS) is 12.6. The average molecular weight is 681 g/mol. The monoisotopic (exact) mass is 679 g/mol. The number of benzene rings is 4. The first-order valence-electron chi connectivity index (χ1n) is 15.3. The fraction of sp³-hybridized carbons (Fsp3) is 0.278. The van der Waals surface area contributed by atoms with Crippen molar-refractivity contribution < 1.29 is 18.0 Å². The summed E-state index contributed by atoms with van der Waals surface area (Å²) in [5.41, 5.74) is 2.86. The van der Waals surface area contributed by atoms with Crippen LogP contribution in [0.2, 0.25) is 10.0 Å². The van der Waals surface area contributed by atoms with E-state index in [1.807, 2.05) is 63.2 Å². The third-order valence-electron chi connectivity index (χ3n) is 7.85. The molecule has 0 aliphatic carbocycles. The van der Waals surface area contributed by atoms with Crippen molar-refractivity contribution in [3.05, 3.63) is 130 Å². The van der Waals surface area contributed by atoms with E-state index in [2.05, 4.69) is 5.32 Å². The van der Waals surface area contributed by atoms with Gasteiger partial charge >= 0.3 is 0 Å². The largest absolute Gasteiger partial charge is 0.352 e. The summed E-state index contributed by atoms with van der Waals surface area (Å²) >= 11 is 12.5. The van der Waals surface area contributed by atoms with Crippen LogP contribution in [0, 0.1) is 0 Å². The summed E-state index contributed by atoms with van der Waals surface area (Å²) in [6.07, 6.45) is 1.68. The summed E-state index contributed by atoms with van der Waals surface area (Å²) in [6, 6.07) is 28.4. The van der Waals surface area contributed by atoms with Gasteiger partial charge in [-0.3, -0.25) is 13.9 Å². The Morgan fingerprint density at radius 3 is 1.98 bits per heavy atom. The minimum Gasteiger partial charge on any atom is -0.352 e. The first kappa shape index (κ1) is 35.0. The smallest absolute Gasteiger partial charge is 0.264 e. The van der Waals surface area contributed by atoms with E-state index in [4.69, 9.17) is 23.2 Å². The fourth-order valence-electron chi connectivity index (χ4n) is 4.98. The number of sulfonamides is 1. The number of hydrogen-bond donors (Lipinski definition) is 1. The van der Waals surface area contributed by atoms with Gasteiger partial charge in [0.05, 0.1) is 20.6 Å². The molecule has 4 aromatic carbocycles. The van der Waals surface area contributed by atoms with E-state index in [0.717, 1.165) is 21.9 Å². The zero-order valence-corrected chi connectivity index (χ0v) is 28.5. The quantitative estimate of drug-likeness (QED) is 0.151. The van der Waals surface area contributed by atoms with Gasteiger partial charge in [0.2, 0.25) is 11.8 Å². The number of anilines is 1. The van der Waals surface area contributed by atoms with E-state index in [9.17, 15) is 18.0 Å². The maximum absolute atomic E-state index is 14.6. The molecular formula is C36H39Cl2N3O4S. The molecule has 0 aromatic heterocycles. The molecular weight excluding hydrogens is 641 g/mol. The highest BCUT2D eigenvalue weighted by molar-refractivity contribution is 7.92. The van der Waals surface area contributed by atoms with Crippen molar-refractivity contribution >= 4 is 50.7 Å². The van der Waals surface area contributed by atoms with Gasteiger partial charge in [-0.1, -0.05) is 104 Å². The number of hydrogen-bond acceptors (Lipinski definition) is 4. The molecule has 2 amide bonds. The predicted molar refractivity (Wildman–Crippen MR) is 186 cm³/mol. The molecule has 0 radical (unpaired) electrons. The summed E-state index contributed by atoms with van der Waals surface area (Å²) < 4.78 is 29.3. The lowest BCUT2D eigenvalue weighted by Crippen LogP contribution is -2.54. The first-order chi connectivity index (χ1) is 22.0. The van der Waals surface area contributed by atoms with Crippen molar-refractivity contribution in [3.63, 3.8) is 0 Å². The third kappa shape index (κ3) is 8.90. The summed E-state index contributed by atoms with van der Waals surface area (Å²) in [4.78, 5) is 30.0. The van der Waals surface area contributed by atoms with Crippen LogP contribution in [0.5, 0.6) is 0 Å². The molecule has 7 nitrogen and oxygen atoms in total. The highest BCUT2D eigenvalue weighted by Gasteiger charge is 2.35. The van der Waals surface area contributed by atoms with Crippen LogP contribution in [0.15, 0.2) is 108 Å². The van der Waals surface area contributed by atoms with Crippen LogP contribution in [-0.4, -0.2) is 43.8 Å². The van der Waals surface area contributed by atoms with Crippen LogP contribution in [0.25, 0.3) is 0 Å². The first-order valence-corrected chi connectivity index (χ1v) is 17.5. The van der Waals surface area contributed by atoms with Crippen molar-refractivity contribution in [2.45, 2.75) is 63.6 Å². The number of rotatable bonds is 14. The molecule has 0 aliphatic rings. The minimum atomic E-state index is -4.17. The van der Waals surface area contributed by atoms with Crippen molar-refractivity contribution in [2.75, 3.05) is 10.8 Å². The number of nitrogens with zero attached hydrogens (tertiary/aromatic N) is 2.